The third kappa shape index (κ3) is 2.89. The Bertz CT molecular complexity index is 779. The van der Waals surface area contributed by atoms with Crippen molar-refractivity contribution in [3.63, 3.8) is 0 Å². The molecule has 1 N–H and O–H groups in total. The van der Waals surface area contributed by atoms with Crippen LogP contribution in [-0.4, -0.2) is 55.1 Å². The van der Waals surface area contributed by atoms with Gasteiger partial charge in [-0.1, -0.05) is 12.1 Å². The molecule has 4 rings (SSSR count). The van der Waals surface area contributed by atoms with Crippen LogP contribution in [0.5, 0.6) is 0 Å². The van der Waals surface area contributed by atoms with Gasteiger partial charge in [0.05, 0.1) is 11.4 Å². The van der Waals surface area contributed by atoms with Crippen LogP contribution in [-0.2, 0) is 0 Å². The zero-order valence-electron chi connectivity index (χ0n) is 14.1. The first-order valence-electron chi connectivity index (χ1n) is 8.31. The van der Waals surface area contributed by atoms with E-state index in [1.54, 1.807) is 11.8 Å². The molecule has 0 unspecified atom stereocenters. The number of para-hydroxylation sites is 1. The summed E-state index contributed by atoms with van der Waals surface area (Å²) in [5.41, 5.74) is 4.41. The lowest BCUT2D eigenvalue weighted by Gasteiger charge is -2.34. The second-order valence-electron chi connectivity index (χ2n) is 6.28. The van der Waals surface area contributed by atoms with Crippen LogP contribution < -0.4 is 5.32 Å². The minimum absolute atomic E-state index is 1.02. The summed E-state index contributed by atoms with van der Waals surface area (Å²) in [5.74, 6) is 1.09. The molecule has 0 bridgehead atoms. The maximum Gasteiger partial charge on any atom is 0.138 e. The molecule has 1 saturated heterocycles. The molecule has 2 heterocycles. The van der Waals surface area contributed by atoms with Crippen molar-refractivity contribution in [2.45, 2.75) is 4.90 Å². The summed E-state index contributed by atoms with van der Waals surface area (Å²) in [6.07, 6.45) is 2.10. The molecule has 2 aromatic carbocycles. The fourth-order valence-electron chi connectivity index (χ4n) is 3.20. The van der Waals surface area contributed by atoms with Crippen molar-refractivity contribution in [1.82, 2.24) is 9.80 Å². The number of likely N-dealkylation sites (N-methyl/N-ethyl adjacent to an activating group) is 1. The van der Waals surface area contributed by atoms with Gasteiger partial charge in [-0.05, 0) is 43.6 Å². The lowest BCUT2D eigenvalue weighted by molar-refractivity contribution is 0.216. The Morgan fingerprint density at radius 1 is 1.00 bits per heavy atom. The molecule has 0 spiro atoms. The summed E-state index contributed by atoms with van der Waals surface area (Å²) in [6, 6.07) is 14.9. The average Bonchev–Trinajstić information content (AvgIpc) is 2.78. The first-order valence-corrected chi connectivity index (χ1v) is 9.54. The van der Waals surface area contributed by atoms with Crippen LogP contribution in [0.3, 0.4) is 0 Å². The van der Waals surface area contributed by atoms with Crippen LogP contribution in [0.1, 0.15) is 5.56 Å². The van der Waals surface area contributed by atoms with Gasteiger partial charge >= 0.3 is 0 Å². The van der Waals surface area contributed by atoms with E-state index in [1.165, 1.54) is 10.5 Å². The third-order valence-corrected chi connectivity index (χ3v) is 5.40. The first-order chi connectivity index (χ1) is 11.7. The van der Waals surface area contributed by atoms with Crippen molar-refractivity contribution in [1.29, 1.82) is 0 Å². The Morgan fingerprint density at radius 2 is 1.79 bits per heavy atom. The third-order valence-electron chi connectivity index (χ3n) is 4.67. The molecule has 0 radical (unpaired) electrons. The summed E-state index contributed by atoms with van der Waals surface area (Å²) in [6.45, 7) is 4.18. The Hall–Kier alpha value is -1.98. The van der Waals surface area contributed by atoms with E-state index in [0.717, 1.165) is 49.1 Å². The molecule has 5 heteroatoms. The van der Waals surface area contributed by atoms with Crippen LogP contribution in [0.4, 0.5) is 17.1 Å². The minimum atomic E-state index is 1.02. The van der Waals surface area contributed by atoms with Gasteiger partial charge in [-0.25, -0.2) is 4.99 Å². The molecule has 1 fully saturated rings. The zero-order valence-corrected chi connectivity index (χ0v) is 14.9. The number of fused-ring (bicyclic) bond motifs is 2. The molecule has 2 aliphatic rings. The van der Waals surface area contributed by atoms with Crippen LogP contribution >= 0.6 is 11.8 Å². The lowest BCUT2D eigenvalue weighted by Crippen LogP contribution is -2.47. The number of nitrogens with one attached hydrogen (secondary N) is 1. The highest BCUT2D eigenvalue weighted by atomic mass is 32.2. The summed E-state index contributed by atoms with van der Waals surface area (Å²) in [5, 5.41) is 3.57. The topological polar surface area (TPSA) is 30.9 Å². The van der Waals surface area contributed by atoms with Crippen LogP contribution in [0, 0.1) is 0 Å². The summed E-state index contributed by atoms with van der Waals surface area (Å²) < 4.78 is 0. The number of anilines is 2. The maximum absolute atomic E-state index is 5.09. The second-order valence-corrected chi connectivity index (χ2v) is 7.16. The Balaban J connectivity index is 1.82. The molecule has 124 valence electrons. The van der Waals surface area contributed by atoms with E-state index in [2.05, 4.69) is 70.9 Å². The number of aliphatic imine (C=N–C) groups is 1. The number of thioether (sulfide) groups is 1. The number of hydrogen-bond donors (Lipinski definition) is 1. The van der Waals surface area contributed by atoms with Gasteiger partial charge in [0, 0.05) is 42.3 Å². The van der Waals surface area contributed by atoms with Gasteiger partial charge in [-0.2, -0.15) is 0 Å². The monoisotopic (exact) mass is 338 g/mol. The van der Waals surface area contributed by atoms with Crippen molar-refractivity contribution < 1.29 is 0 Å². The summed E-state index contributed by atoms with van der Waals surface area (Å²) in [4.78, 5) is 11.1. The molecule has 4 nitrogen and oxygen atoms in total. The van der Waals surface area contributed by atoms with Crippen molar-refractivity contribution in [3.05, 3.63) is 48.0 Å². The number of nitrogens with zero attached hydrogens (tertiary/aromatic N) is 3. The van der Waals surface area contributed by atoms with Gasteiger partial charge in [0.15, 0.2) is 0 Å². The average molecular weight is 338 g/mol. The molecule has 0 aliphatic carbocycles. The number of amidine groups is 1. The Kier molecular flexibility index (Phi) is 4.21. The molecular formula is C19H22N4S. The molecular weight excluding hydrogens is 316 g/mol. The highest BCUT2D eigenvalue weighted by molar-refractivity contribution is 7.98. The number of rotatable bonds is 1. The highest BCUT2D eigenvalue weighted by Crippen LogP contribution is 2.37. The van der Waals surface area contributed by atoms with Crippen LogP contribution in [0.15, 0.2) is 52.4 Å². The van der Waals surface area contributed by atoms with E-state index in [4.69, 9.17) is 4.99 Å². The van der Waals surface area contributed by atoms with E-state index >= 15 is 0 Å². The van der Waals surface area contributed by atoms with E-state index in [9.17, 15) is 0 Å². The first kappa shape index (κ1) is 15.5. The van der Waals surface area contributed by atoms with Crippen LogP contribution in [0.25, 0.3) is 0 Å². The molecule has 24 heavy (non-hydrogen) atoms. The lowest BCUT2D eigenvalue weighted by atomic mass is 10.1. The smallest absolute Gasteiger partial charge is 0.138 e. The number of piperazine rings is 1. The summed E-state index contributed by atoms with van der Waals surface area (Å²) >= 11 is 1.75. The fraction of sp³-hybridized carbons (Fsp3) is 0.316. The van der Waals surface area contributed by atoms with Crippen LogP contribution in [0.2, 0.25) is 0 Å². The second kappa shape index (κ2) is 6.49. The minimum Gasteiger partial charge on any atom is -0.353 e. The van der Waals surface area contributed by atoms with Gasteiger partial charge < -0.3 is 15.1 Å². The van der Waals surface area contributed by atoms with E-state index in [1.807, 2.05) is 0 Å². The Labute approximate surface area is 147 Å². The normalized spacial score (nSPS) is 17.4. The van der Waals surface area contributed by atoms with Crippen molar-refractivity contribution >= 4 is 34.7 Å². The molecule has 0 aromatic heterocycles. The highest BCUT2D eigenvalue weighted by Gasteiger charge is 2.23. The van der Waals surface area contributed by atoms with Gasteiger partial charge in [0.25, 0.3) is 0 Å². The quantitative estimate of drug-likeness (QED) is 0.802. The molecule has 2 aromatic rings. The predicted molar refractivity (Wildman–Crippen MR) is 103 cm³/mol. The van der Waals surface area contributed by atoms with Crippen molar-refractivity contribution in [2.24, 2.45) is 4.99 Å². The molecule has 2 aliphatic heterocycles. The van der Waals surface area contributed by atoms with Gasteiger partial charge in [-0.15, -0.1) is 11.8 Å². The maximum atomic E-state index is 5.09. The van der Waals surface area contributed by atoms with Crippen molar-refractivity contribution in [2.75, 3.05) is 44.8 Å². The standard InChI is InChI=1S/C19H22N4S/c1-22-9-11-23(12-10-22)19-15-5-3-4-6-16(15)20-17-8-7-14(24-2)13-18(17)21-19/h3-8,13,20H,9-12H2,1-2H3. The van der Waals surface area contributed by atoms with Crippen molar-refractivity contribution in [3.8, 4) is 0 Å². The summed E-state index contributed by atoms with van der Waals surface area (Å²) in [7, 11) is 2.18. The Morgan fingerprint density at radius 3 is 2.58 bits per heavy atom. The van der Waals surface area contributed by atoms with E-state index in [0.29, 0.717) is 0 Å². The van der Waals surface area contributed by atoms with Gasteiger partial charge in [0.2, 0.25) is 0 Å². The van der Waals surface area contributed by atoms with Gasteiger partial charge in [-0.3, -0.25) is 0 Å². The van der Waals surface area contributed by atoms with E-state index < -0.39 is 0 Å². The van der Waals surface area contributed by atoms with Gasteiger partial charge in [0.1, 0.15) is 5.84 Å². The predicted octanol–water partition coefficient (Wildman–Crippen LogP) is 3.79. The molecule has 0 atom stereocenters. The number of benzene rings is 2. The fourth-order valence-corrected chi connectivity index (χ4v) is 3.64. The zero-order chi connectivity index (χ0) is 16.5. The largest absolute Gasteiger partial charge is 0.353 e. The number of hydrogen-bond acceptors (Lipinski definition) is 5. The SMILES string of the molecule is CSc1ccc2c(c1)N=C(N1CCN(C)CC1)c1ccccc1N2. The molecule has 0 amide bonds. The molecule has 0 saturated carbocycles. The van der Waals surface area contributed by atoms with E-state index in [-0.39, 0.29) is 0 Å².